The van der Waals surface area contributed by atoms with Gasteiger partial charge in [0.05, 0.1) is 0 Å². The molecule has 5 nitrogen and oxygen atoms in total. The van der Waals surface area contributed by atoms with Gasteiger partial charge in [-0.15, -0.1) is 6.58 Å². The van der Waals surface area contributed by atoms with Gasteiger partial charge in [0.25, 0.3) is 5.91 Å². The third-order valence-electron chi connectivity index (χ3n) is 3.43. The number of amides is 1. The molecule has 0 aliphatic heterocycles. The summed E-state index contributed by atoms with van der Waals surface area (Å²) in [4.78, 5) is 24.5. The lowest BCUT2D eigenvalue weighted by Crippen LogP contribution is -2.37. The fourth-order valence-electron chi connectivity index (χ4n) is 2.26. The number of hydrogen-bond donors (Lipinski definition) is 1. The van der Waals surface area contributed by atoms with Gasteiger partial charge in [-0.2, -0.15) is 0 Å². The van der Waals surface area contributed by atoms with Crippen molar-refractivity contribution in [3.05, 3.63) is 36.7 Å². The standard InChI is InChI=1S/C14H18N2O3/c1-2-8-15(10-13(17)18)14(19)12-7-4-9-16(12)11-5-3-6-11/h2,4,7,9,11H,1,3,5-6,8,10H2,(H,17,18). The minimum absolute atomic E-state index is 0.237. The Morgan fingerprint density at radius 2 is 2.26 bits per heavy atom. The van der Waals surface area contributed by atoms with Crippen LogP contribution in [0.3, 0.4) is 0 Å². The fourth-order valence-corrected chi connectivity index (χ4v) is 2.26. The summed E-state index contributed by atoms with van der Waals surface area (Å²) in [6.45, 7) is 3.49. The van der Waals surface area contributed by atoms with Gasteiger partial charge in [-0.05, 0) is 31.4 Å². The highest BCUT2D eigenvalue weighted by atomic mass is 16.4. The molecule has 102 valence electrons. The third kappa shape index (κ3) is 2.86. The first kappa shape index (κ1) is 13.4. The predicted octanol–water partition coefficient (Wildman–Crippen LogP) is 1.93. The summed E-state index contributed by atoms with van der Waals surface area (Å²) in [5, 5.41) is 8.86. The lowest BCUT2D eigenvalue weighted by atomic mass is 9.93. The number of aromatic nitrogens is 1. The number of carbonyl (C=O) groups excluding carboxylic acids is 1. The molecular formula is C14H18N2O3. The highest BCUT2D eigenvalue weighted by molar-refractivity contribution is 5.94. The first-order chi connectivity index (χ1) is 9.13. The van der Waals surface area contributed by atoms with E-state index in [-0.39, 0.29) is 19.0 Å². The van der Waals surface area contributed by atoms with Crippen molar-refractivity contribution in [3.8, 4) is 0 Å². The lowest BCUT2D eigenvalue weighted by molar-refractivity contribution is -0.137. The Morgan fingerprint density at radius 1 is 1.53 bits per heavy atom. The van der Waals surface area contributed by atoms with Crippen molar-refractivity contribution in [2.75, 3.05) is 13.1 Å². The van der Waals surface area contributed by atoms with Gasteiger partial charge in [0.15, 0.2) is 0 Å². The SMILES string of the molecule is C=CCN(CC(=O)O)C(=O)c1cccn1C1CCC1. The van der Waals surface area contributed by atoms with Gasteiger partial charge >= 0.3 is 5.97 Å². The molecular weight excluding hydrogens is 244 g/mol. The first-order valence-corrected chi connectivity index (χ1v) is 6.42. The van der Waals surface area contributed by atoms with Gasteiger partial charge < -0.3 is 14.6 Å². The van der Waals surface area contributed by atoms with E-state index in [0.717, 1.165) is 12.8 Å². The van der Waals surface area contributed by atoms with Crippen LogP contribution in [0.2, 0.25) is 0 Å². The second-order valence-corrected chi connectivity index (χ2v) is 4.75. The second kappa shape index (κ2) is 5.73. The molecule has 0 saturated heterocycles. The molecule has 1 saturated carbocycles. The van der Waals surface area contributed by atoms with Crippen molar-refractivity contribution in [2.24, 2.45) is 0 Å². The van der Waals surface area contributed by atoms with Gasteiger partial charge in [0.2, 0.25) is 0 Å². The Kier molecular flexibility index (Phi) is 4.04. The summed E-state index contributed by atoms with van der Waals surface area (Å²) < 4.78 is 1.96. The van der Waals surface area contributed by atoms with Gasteiger partial charge in [-0.1, -0.05) is 6.08 Å². The van der Waals surface area contributed by atoms with E-state index in [4.69, 9.17) is 5.11 Å². The Labute approximate surface area is 112 Å². The molecule has 1 aromatic heterocycles. The number of hydrogen-bond acceptors (Lipinski definition) is 2. The molecule has 1 aliphatic rings. The summed E-state index contributed by atoms with van der Waals surface area (Å²) in [7, 11) is 0. The highest BCUT2D eigenvalue weighted by Crippen LogP contribution is 2.32. The van der Waals surface area contributed by atoms with Crippen LogP contribution in [0.1, 0.15) is 35.8 Å². The van der Waals surface area contributed by atoms with E-state index in [1.54, 1.807) is 6.07 Å². The van der Waals surface area contributed by atoms with E-state index < -0.39 is 5.97 Å². The maximum absolute atomic E-state index is 12.4. The van der Waals surface area contributed by atoms with E-state index in [1.807, 2.05) is 16.8 Å². The molecule has 2 rings (SSSR count). The van der Waals surface area contributed by atoms with Crippen LogP contribution in [0.4, 0.5) is 0 Å². The van der Waals surface area contributed by atoms with Crippen molar-refractivity contribution in [2.45, 2.75) is 25.3 Å². The smallest absolute Gasteiger partial charge is 0.323 e. The zero-order valence-electron chi connectivity index (χ0n) is 10.8. The number of nitrogens with zero attached hydrogens (tertiary/aromatic N) is 2. The van der Waals surface area contributed by atoms with E-state index >= 15 is 0 Å². The maximum Gasteiger partial charge on any atom is 0.323 e. The summed E-state index contributed by atoms with van der Waals surface area (Å²) in [5.41, 5.74) is 0.563. The van der Waals surface area contributed by atoms with Crippen LogP contribution in [0.15, 0.2) is 31.0 Å². The van der Waals surface area contributed by atoms with Crippen LogP contribution in [-0.4, -0.2) is 39.5 Å². The molecule has 0 radical (unpaired) electrons. The van der Waals surface area contributed by atoms with Gasteiger partial charge in [-0.25, -0.2) is 0 Å². The van der Waals surface area contributed by atoms with E-state index in [9.17, 15) is 9.59 Å². The van der Waals surface area contributed by atoms with Crippen molar-refractivity contribution >= 4 is 11.9 Å². The number of aliphatic carboxylic acids is 1. The van der Waals surface area contributed by atoms with Gasteiger partial charge in [0, 0.05) is 18.8 Å². The Bertz CT molecular complexity index is 489. The molecule has 1 aromatic rings. The van der Waals surface area contributed by atoms with Crippen LogP contribution in [0.5, 0.6) is 0 Å². The van der Waals surface area contributed by atoms with Gasteiger partial charge in [-0.3, -0.25) is 9.59 Å². The van der Waals surface area contributed by atoms with E-state index in [1.165, 1.54) is 17.4 Å². The minimum atomic E-state index is -1.02. The van der Waals surface area contributed by atoms with E-state index in [2.05, 4.69) is 6.58 Å². The number of rotatable bonds is 6. The average molecular weight is 262 g/mol. The molecule has 0 atom stereocenters. The summed E-state index contributed by atoms with van der Waals surface area (Å²) in [6.07, 6.45) is 6.77. The molecule has 0 bridgehead atoms. The zero-order chi connectivity index (χ0) is 13.8. The topological polar surface area (TPSA) is 62.5 Å². The fraction of sp³-hybridized carbons (Fsp3) is 0.429. The Morgan fingerprint density at radius 3 is 2.79 bits per heavy atom. The molecule has 1 aliphatic carbocycles. The van der Waals surface area contributed by atoms with Crippen molar-refractivity contribution in [3.63, 3.8) is 0 Å². The average Bonchev–Trinajstić information content (AvgIpc) is 2.73. The molecule has 0 unspecified atom stereocenters. The number of carboxylic acid groups (broad SMARTS) is 1. The highest BCUT2D eigenvalue weighted by Gasteiger charge is 2.26. The third-order valence-corrected chi connectivity index (χ3v) is 3.43. The molecule has 1 amide bonds. The molecule has 1 fully saturated rings. The minimum Gasteiger partial charge on any atom is -0.480 e. The predicted molar refractivity (Wildman–Crippen MR) is 71.1 cm³/mol. The largest absolute Gasteiger partial charge is 0.480 e. The summed E-state index contributed by atoms with van der Waals surface area (Å²) >= 11 is 0. The molecule has 5 heteroatoms. The molecule has 0 spiro atoms. The monoisotopic (exact) mass is 262 g/mol. The Balaban J connectivity index is 2.18. The van der Waals surface area contributed by atoms with Crippen molar-refractivity contribution in [1.82, 2.24) is 9.47 Å². The molecule has 19 heavy (non-hydrogen) atoms. The lowest BCUT2D eigenvalue weighted by Gasteiger charge is -2.30. The summed E-state index contributed by atoms with van der Waals surface area (Å²) in [5.74, 6) is -1.27. The van der Waals surface area contributed by atoms with Crippen LogP contribution < -0.4 is 0 Å². The summed E-state index contributed by atoms with van der Waals surface area (Å²) in [6, 6.07) is 3.96. The first-order valence-electron chi connectivity index (χ1n) is 6.42. The Hall–Kier alpha value is -2.04. The zero-order valence-corrected chi connectivity index (χ0v) is 10.8. The van der Waals surface area contributed by atoms with Crippen LogP contribution in [0, 0.1) is 0 Å². The van der Waals surface area contributed by atoms with E-state index in [0.29, 0.717) is 11.7 Å². The second-order valence-electron chi connectivity index (χ2n) is 4.75. The maximum atomic E-state index is 12.4. The molecule has 1 N–H and O–H groups in total. The van der Waals surface area contributed by atoms with Crippen LogP contribution in [0.25, 0.3) is 0 Å². The van der Waals surface area contributed by atoms with Gasteiger partial charge in [0.1, 0.15) is 12.2 Å². The van der Waals surface area contributed by atoms with Crippen molar-refractivity contribution < 1.29 is 14.7 Å². The normalized spacial score (nSPS) is 14.7. The quantitative estimate of drug-likeness (QED) is 0.797. The van der Waals surface area contributed by atoms with Crippen molar-refractivity contribution in [1.29, 1.82) is 0 Å². The van der Waals surface area contributed by atoms with Crippen LogP contribution >= 0.6 is 0 Å². The number of carbonyl (C=O) groups is 2. The van der Waals surface area contributed by atoms with Crippen LogP contribution in [-0.2, 0) is 4.79 Å². The molecule has 1 heterocycles. The number of carboxylic acids is 1. The molecule has 0 aromatic carbocycles.